The van der Waals surface area contributed by atoms with Gasteiger partial charge in [0.1, 0.15) is 5.52 Å². The van der Waals surface area contributed by atoms with Gasteiger partial charge in [-0.3, -0.25) is 14.8 Å². The van der Waals surface area contributed by atoms with Gasteiger partial charge in [0.2, 0.25) is 0 Å². The van der Waals surface area contributed by atoms with Gasteiger partial charge in [-0.1, -0.05) is 30.3 Å². The first-order valence-electron chi connectivity index (χ1n) is 8.78. The number of hydrogen-bond donors (Lipinski definition) is 0. The van der Waals surface area contributed by atoms with Gasteiger partial charge in [-0.25, -0.2) is 0 Å². The Kier molecular flexibility index (Phi) is 4.18. The summed E-state index contributed by atoms with van der Waals surface area (Å²) in [7, 11) is 0. The number of carbonyl (C=O) groups is 1. The van der Waals surface area contributed by atoms with Crippen LogP contribution in [-0.2, 0) is 0 Å². The highest BCUT2D eigenvalue weighted by atomic mass is 16.2. The molecular formula is C21H21N3O. The molecule has 1 aliphatic heterocycles. The Morgan fingerprint density at radius 2 is 1.92 bits per heavy atom. The van der Waals surface area contributed by atoms with Crippen molar-refractivity contribution in [2.24, 2.45) is 0 Å². The van der Waals surface area contributed by atoms with Crippen LogP contribution in [-0.4, -0.2) is 33.9 Å². The zero-order valence-corrected chi connectivity index (χ0v) is 14.4. The highest BCUT2D eigenvalue weighted by Crippen LogP contribution is 2.30. The number of carbonyl (C=O) groups excluding carboxylic acids is 1. The van der Waals surface area contributed by atoms with E-state index in [-0.39, 0.29) is 5.91 Å². The van der Waals surface area contributed by atoms with Crippen molar-refractivity contribution in [1.29, 1.82) is 0 Å². The molecule has 0 spiro atoms. The van der Waals surface area contributed by atoms with Gasteiger partial charge >= 0.3 is 0 Å². The minimum atomic E-state index is 0.0596. The standard InChI is InChI=1S/C21H21N3O/c1-15-6-2-3-8-17(15)16-7-5-13-24(14-16)21(25)18-9-4-10-19-20(18)23-12-11-22-19/h2-4,6,8-12,16H,5,7,13-14H2,1H3/t16-/m0/s1. The van der Waals surface area contributed by atoms with Crippen LogP contribution < -0.4 is 0 Å². The molecule has 1 saturated heterocycles. The first kappa shape index (κ1) is 15.8. The maximum atomic E-state index is 13.1. The number of aryl methyl sites for hydroxylation is 1. The first-order valence-corrected chi connectivity index (χ1v) is 8.78. The predicted molar refractivity (Wildman–Crippen MR) is 98.6 cm³/mol. The lowest BCUT2D eigenvalue weighted by atomic mass is 9.87. The summed E-state index contributed by atoms with van der Waals surface area (Å²) in [6.07, 6.45) is 5.46. The van der Waals surface area contributed by atoms with Crippen molar-refractivity contribution >= 4 is 16.9 Å². The number of piperidine rings is 1. The molecule has 3 aromatic rings. The van der Waals surface area contributed by atoms with Crippen LogP contribution in [0.4, 0.5) is 0 Å². The smallest absolute Gasteiger partial charge is 0.256 e. The highest BCUT2D eigenvalue weighted by Gasteiger charge is 2.27. The minimum Gasteiger partial charge on any atom is -0.338 e. The number of nitrogens with zero attached hydrogens (tertiary/aromatic N) is 3. The number of benzene rings is 2. The normalized spacial score (nSPS) is 17.6. The van der Waals surface area contributed by atoms with Crippen molar-refractivity contribution in [3.63, 3.8) is 0 Å². The van der Waals surface area contributed by atoms with Crippen LogP contribution in [0, 0.1) is 6.92 Å². The third-order valence-corrected chi connectivity index (χ3v) is 5.07. The van der Waals surface area contributed by atoms with E-state index in [9.17, 15) is 4.79 Å². The summed E-state index contributed by atoms with van der Waals surface area (Å²) in [4.78, 5) is 23.8. The largest absolute Gasteiger partial charge is 0.338 e. The van der Waals surface area contributed by atoms with Gasteiger partial charge in [-0.2, -0.15) is 0 Å². The van der Waals surface area contributed by atoms with Crippen molar-refractivity contribution in [1.82, 2.24) is 14.9 Å². The summed E-state index contributed by atoms with van der Waals surface area (Å²) >= 11 is 0. The fraction of sp³-hybridized carbons (Fsp3) is 0.286. The number of rotatable bonds is 2. The SMILES string of the molecule is Cc1ccccc1[C@H]1CCCN(C(=O)c2cccc3nccnc23)C1. The molecule has 1 amide bonds. The number of para-hydroxylation sites is 1. The van der Waals surface area contributed by atoms with Crippen LogP contribution in [0.15, 0.2) is 54.9 Å². The molecule has 1 aliphatic rings. The van der Waals surface area contributed by atoms with Crippen molar-refractivity contribution in [2.75, 3.05) is 13.1 Å². The molecule has 1 fully saturated rings. The lowest BCUT2D eigenvalue weighted by Gasteiger charge is -2.34. The van der Waals surface area contributed by atoms with Gasteiger partial charge in [-0.05, 0) is 43.0 Å². The molecule has 4 rings (SSSR count). The number of likely N-dealkylation sites (tertiary alicyclic amines) is 1. The van der Waals surface area contributed by atoms with Gasteiger partial charge in [0.15, 0.2) is 0 Å². The Morgan fingerprint density at radius 3 is 2.80 bits per heavy atom. The van der Waals surface area contributed by atoms with Crippen molar-refractivity contribution in [3.05, 3.63) is 71.5 Å². The van der Waals surface area contributed by atoms with E-state index >= 15 is 0 Å². The van der Waals surface area contributed by atoms with Crippen LogP contribution in [0.25, 0.3) is 11.0 Å². The Balaban J connectivity index is 1.63. The van der Waals surface area contributed by atoms with Crippen molar-refractivity contribution in [3.8, 4) is 0 Å². The Morgan fingerprint density at radius 1 is 1.08 bits per heavy atom. The topological polar surface area (TPSA) is 46.1 Å². The maximum absolute atomic E-state index is 13.1. The van der Waals surface area contributed by atoms with E-state index < -0.39 is 0 Å². The molecule has 4 heteroatoms. The van der Waals surface area contributed by atoms with E-state index in [1.54, 1.807) is 12.4 Å². The zero-order valence-electron chi connectivity index (χ0n) is 14.4. The van der Waals surface area contributed by atoms with E-state index in [1.807, 2.05) is 23.1 Å². The second-order valence-corrected chi connectivity index (χ2v) is 6.68. The molecule has 1 atom stereocenters. The summed E-state index contributed by atoms with van der Waals surface area (Å²) in [5, 5.41) is 0. The predicted octanol–water partition coefficient (Wildman–Crippen LogP) is 3.96. The van der Waals surface area contributed by atoms with Crippen LogP contribution >= 0.6 is 0 Å². The molecule has 0 N–H and O–H groups in total. The maximum Gasteiger partial charge on any atom is 0.256 e. The van der Waals surface area contributed by atoms with Gasteiger partial charge in [0.05, 0.1) is 11.1 Å². The second kappa shape index (κ2) is 6.63. The molecule has 4 nitrogen and oxygen atoms in total. The van der Waals surface area contributed by atoms with E-state index in [1.165, 1.54) is 11.1 Å². The Bertz CT molecular complexity index is 916. The average molecular weight is 331 g/mol. The molecule has 0 saturated carbocycles. The monoisotopic (exact) mass is 331 g/mol. The second-order valence-electron chi connectivity index (χ2n) is 6.68. The lowest BCUT2D eigenvalue weighted by Crippen LogP contribution is -2.39. The summed E-state index contributed by atoms with van der Waals surface area (Å²) in [5.74, 6) is 0.462. The van der Waals surface area contributed by atoms with Crippen LogP contribution in [0.5, 0.6) is 0 Å². The summed E-state index contributed by atoms with van der Waals surface area (Å²) in [6.45, 7) is 3.72. The Hall–Kier alpha value is -2.75. The van der Waals surface area contributed by atoms with Gasteiger partial charge in [-0.15, -0.1) is 0 Å². The number of hydrogen-bond acceptors (Lipinski definition) is 3. The molecule has 25 heavy (non-hydrogen) atoms. The van der Waals surface area contributed by atoms with Gasteiger partial charge in [0, 0.05) is 31.4 Å². The fourth-order valence-corrected chi connectivity index (χ4v) is 3.80. The summed E-state index contributed by atoms with van der Waals surface area (Å²) < 4.78 is 0. The van der Waals surface area contributed by atoms with Crippen molar-refractivity contribution < 1.29 is 4.79 Å². The molecule has 1 aromatic heterocycles. The summed E-state index contributed by atoms with van der Waals surface area (Å²) in [6, 6.07) is 14.1. The van der Waals surface area contributed by atoms with E-state index in [2.05, 4.69) is 41.2 Å². The average Bonchev–Trinajstić information content (AvgIpc) is 2.67. The third-order valence-electron chi connectivity index (χ3n) is 5.07. The molecule has 2 heterocycles. The Labute approximate surface area is 147 Å². The lowest BCUT2D eigenvalue weighted by molar-refractivity contribution is 0.0708. The minimum absolute atomic E-state index is 0.0596. The van der Waals surface area contributed by atoms with E-state index in [4.69, 9.17) is 0 Å². The van der Waals surface area contributed by atoms with Crippen LogP contribution in [0.3, 0.4) is 0 Å². The number of amides is 1. The number of fused-ring (bicyclic) bond motifs is 1. The molecule has 0 bridgehead atoms. The van der Waals surface area contributed by atoms with Gasteiger partial charge < -0.3 is 4.90 Å². The number of aromatic nitrogens is 2. The summed E-state index contributed by atoms with van der Waals surface area (Å²) in [5.41, 5.74) is 4.76. The van der Waals surface area contributed by atoms with Crippen LogP contribution in [0.2, 0.25) is 0 Å². The molecule has 126 valence electrons. The third kappa shape index (κ3) is 3.00. The molecule has 0 unspecified atom stereocenters. The van der Waals surface area contributed by atoms with Crippen LogP contribution in [0.1, 0.15) is 40.2 Å². The quantitative estimate of drug-likeness (QED) is 0.714. The van der Waals surface area contributed by atoms with E-state index in [0.717, 1.165) is 31.4 Å². The fourth-order valence-electron chi connectivity index (χ4n) is 3.80. The zero-order chi connectivity index (χ0) is 17.2. The first-order chi connectivity index (χ1) is 12.2. The molecule has 0 aliphatic carbocycles. The van der Waals surface area contributed by atoms with Gasteiger partial charge in [0.25, 0.3) is 5.91 Å². The van der Waals surface area contributed by atoms with E-state index in [0.29, 0.717) is 17.0 Å². The highest BCUT2D eigenvalue weighted by molar-refractivity contribution is 6.04. The molecular weight excluding hydrogens is 310 g/mol. The van der Waals surface area contributed by atoms with Crippen molar-refractivity contribution in [2.45, 2.75) is 25.7 Å². The molecule has 0 radical (unpaired) electrons. The molecule has 2 aromatic carbocycles.